The van der Waals surface area contributed by atoms with E-state index in [1.165, 1.54) is 31.4 Å². The van der Waals surface area contributed by atoms with E-state index in [2.05, 4.69) is 88.8 Å². The quantitative estimate of drug-likeness (QED) is 0.0178. The lowest BCUT2D eigenvalue weighted by molar-refractivity contribution is -0.00908. The number of rotatable bonds is 33. The molecule has 6 aliphatic heterocycles. The maximum absolute atomic E-state index is 13.7. The summed E-state index contributed by atoms with van der Waals surface area (Å²) in [5.74, 6) is 3.48. The van der Waals surface area contributed by atoms with Crippen LogP contribution in [-0.2, 0) is 56.5 Å². The number of ether oxygens (including phenoxy) is 11. The number of β-amino-alcohol motifs (C(OH)–C–C–N with tert-alkyl or cyclic N) is 1. The highest BCUT2D eigenvalue weighted by Crippen LogP contribution is 2.28. The summed E-state index contributed by atoms with van der Waals surface area (Å²) in [7, 11) is 1.24. The molecular weight excluding hydrogens is 1770 g/mol. The van der Waals surface area contributed by atoms with Crippen LogP contribution in [0.3, 0.4) is 0 Å². The fourth-order valence-corrected chi connectivity index (χ4v) is 16.1. The van der Waals surface area contributed by atoms with Gasteiger partial charge >= 0.3 is 0 Å². The molecule has 688 valence electrons. The predicted octanol–water partition coefficient (Wildman–Crippen LogP) is 15.7. The number of para-hydroxylation sites is 3. The van der Waals surface area contributed by atoms with Crippen molar-refractivity contribution in [1.82, 2.24) is 52.2 Å². The minimum absolute atomic E-state index is 0.0844. The zero-order valence-electron chi connectivity index (χ0n) is 73.1. The van der Waals surface area contributed by atoms with Crippen molar-refractivity contribution in [3.63, 3.8) is 0 Å². The van der Waals surface area contributed by atoms with Crippen LogP contribution in [0.1, 0.15) is 73.3 Å². The first-order valence-corrected chi connectivity index (χ1v) is 46.0. The summed E-state index contributed by atoms with van der Waals surface area (Å²) < 4.78 is 119. The molecule has 128 heavy (non-hydrogen) atoms. The standard InChI is InChI=1S/C20H24F2N2O3.C19H21Br2NO2.C19H23F2N3O.C18H22N2O2.C13H19NO2.C11H15NO2/c1-25-20-18(21)6-15(7-19(20)22)11-26-12-16-5-17(10-24-9-16)27-13-14-3-2-4-23-8-14;20-16-4-6-18(7-5-16)23-12-14-8-15(11-22-10-14)13-24-19-3-1-2-17(21)9-19;20-16-6-14(7-17(21)8-16)3-5-24-18-9-19(12-23-11-18)25-13-15-2-1-4-22-10-15;1-2-6-17(7-3-1)21-14-16-9-18(12-20-11-16)22-13-15-5-4-8-19-10-15;1-2-15-12-8-13(10-14-9-12)16-11-6-4-3-5-7-11;13-9-6-11(8-12-7-9)14-10-4-2-1-3-5-10/h2-4,6-8,16-17,24H,5,9-13H2,1H3;1-7,9,14-15,22H,8,10-13H2;1-2,4,6-8,10,18-19,23-24H,3,5,9,11-13H2;1-8,10,16,18,20H,9,11-14H2;3-7,12-14H,2,8-10H2,1H3;1-5,9,11-13H,6-8H2. The number of aromatic nitrogens is 3. The van der Waals surface area contributed by atoms with Gasteiger partial charge in [-0.25, -0.2) is 17.6 Å². The van der Waals surface area contributed by atoms with Gasteiger partial charge in [0, 0.05) is 174 Å². The molecule has 12 atom stereocenters. The van der Waals surface area contributed by atoms with Gasteiger partial charge in [0.15, 0.2) is 17.4 Å². The van der Waals surface area contributed by atoms with Gasteiger partial charge in [-0.15, -0.1) is 0 Å². The van der Waals surface area contributed by atoms with Crippen molar-refractivity contribution >= 4 is 31.9 Å². The van der Waals surface area contributed by atoms with Crippen molar-refractivity contribution in [2.45, 2.75) is 127 Å². The molecule has 12 unspecified atom stereocenters. The third-order valence-electron chi connectivity index (χ3n) is 21.8. The Labute approximate surface area is 768 Å². The molecule has 9 heterocycles. The molecule has 8 N–H and O–H groups in total. The normalized spacial score (nSPS) is 21.9. The second kappa shape index (κ2) is 57.2. The predicted molar refractivity (Wildman–Crippen MR) is 496 cm³/mol. The van der Waals surface area contributed by atoms with Gasteiger partial charge in [0.05, 0.1) is 90.5 Å². The van der Waals surface area contributed by atoms with Crippen LogP contribution in [-0.4, -0.2) is 194 Å². The van der Waals surface area contributed by atoms with Gasteiger partial charge in [-0.05, 0) is 201 Å². The van der Waals surface area contributed by atoms with Crippen LogP contribution in [0.4, 0.5) is 17.6 Å². The summed E-state index contributed by atoms with van der Waals surface area (Å²) in [5, 5.41) is 33.0. The molecule has 6 aliphatic rings. The van der Waals surface area contributed by atoms with Gasteiger partial charge in [0.25, 0.3) is 0 Å². The van der Waals surface area contributed by atoms with Crippen molar-refractivity contribution in [2.24, 2.45) is 23.7 Å². The number of methoxy groups -OCH3 is 1. The number of halogens is 6. The molecule has 28 heteroatoms. The monoisotopic (exact) mass is 1890 g/mol. The van der Waals surface area contributed by atoms with E-state index in [4.69, 9.17) is 47.4 Å². The van der Waals surface area contributed by atoms with Crippen molar-refractivity contribution in [2.75, 3.05) is 125 Å². The van der Waals surface area contributed by atoms with Gasteiger partial charge in [0.2, 0.25) is 0 Å². The molecule has 0 radical (unpaired) electrons. The summed E-state index contributed by atoms with van der Waals surface area (Å²) in [6, 6.07) is 63.8. The number of aliphatic hydroxyl groups excluding tert-OH is 1. The maximum atomic E-state index is 13.7. The van der Waals surface area contributed by atoms with Crippen LogP contribution in [0.25, 0.3) is 0 Å². The Kier molecular flexibility index (Phi) is 44.5. The highest BCUT2D eigenvalue weighted by Gasteiger charge is 2.29. The molecule has 10 aromatic rings. The van der Waals surface area contributed by atoms with E-state index in [9.17, 15) is 22.7 Å². The Balaban J connectivity index is 0.000000151. The van der Waals surface area contributed by atoms with Gasteiger partial charge in [0.1, 0.15) is 52.6 Å². The van der Waals surface area contributed by atoms with Crippen LogP contribution in [0.2, 0.25) is 0 Å². The zero-order valence-corrected chi connectivity index (χ0v) is 76.2. The number of aliphatic hydroxyl groups is 1. The number of hydrogen-bond acceptors (Lipinski definition) is 22. The van der Waals surface area contributed by atoms with Crippen LogP contribution < -0.4 is 65.6 Å². The number of nitrogens with zero attached hydrogens (tertiary/aromatic N) is 3. The summed E-state index contributed by atoms with van der Waals surface area (Å²) in [4.78, 5) is 12.3. The zero-order chi connectivity index (χ0) is 89.4. The van der Waals surface area contributed by atoms with Crippen LogP contribution >= 0.6 is 31.9 Å². The molecule has 3 aromatic heterocycles. The van der Waals surface area contributed by atoms with Crippen LogP contribution in [0.5, 0.6) is 34.5 Å². The summed E-state index contributed by atoms with van der Waals surface area (Å²) in [6.07, 6.45) is 17.7. The topological polar surface area (TPSA) is 245 Å². The number of benzene rings is 7. The number of piperidine rings is 6. The lowest BCUT2D eigenvalue weighted by Crippen LogP contribution is -2.50. The average molecular weight is 1890 g/mol. The number of pyridine rings is 3. The SMILES string of the molecule is Brc1ccc(OCC2CNCC(COc3cccc(Br)c3)C2)cc1.CCOC1CNCC(Oc2ccccc2)C1.COc1c(F)cc(COCC2CNCC(OCc3cccnc3)C2)cc1F.Fc1cc(F)cc(CCNC2CNCC(OCc3cccnc3)C2)c1.OC1CNCC(Oc2ccccc2)C1.c1ccc(OCC2CNCC(OCc3cccnc3)C2)cc1. The molecule has 22 nitrogen and oxygen atoms in total. The lowest BCUT2D eigenvalue weighted by atomic mass is 9.91. The first-order chi connectivity index (χ1) is 62.6. The highest BCUT2D eigenvalue weighted by molar-refractivity contribution is 9.10. The van der Waals surface area contributed by atoms with Gasteiger partial charge in [-0.3, -0.25) is 15.0 Å². The maximum Gasteiger partial charge on any atom is 0.190 e. The van der Waals surface area contributed by atoms with Crippen LogP contribution in [0, 0.1) is 46.9 Å². The minimum Gasteiger partial charge on any atom is -0.493 e. The second-order valence-corrected chi connectivity index (χ2v) is 34.3. The second-order valence-electron chi connectivity index (χ2n) is 32.5. The molecule has 7 aromatic carbocycles. The van der Waals surface area contributed by atoms with E-state index in [1.54, 1.807) is 24.8 Å². The molecule has 0 amide bonds. The average Bonchev–Trinajstić information content (AvgIpc) is 0.845. The molecule has 0 aliphatic carbocycles. The molecule has 0 spiro atoms. The molecule has 6 saturated heterocycles. The Morgan fingerprint density at radius 2 is 0.812 bits per heavy atom. The smallest absolute Gasteiger partial charge is 0.190 e. The first kappa shape index (κ1) is 99.5. The van der Waals surface area contributed by atoms with Crippen LogP contribution in [0.15, 0.2) is 252 Å². The summed E-state index contributed by atoms with van der Waals surface area (Å²) in [5.41, 5.74) is 4.33. The highest BCUT2D eigenvalue weighted by atomic mass is 79.9. The Hall–Kier alpha value is -9.05. The Bertz CT molecular complexity index is 4560. The number of hydrogen-bond donors (Lipinski definition) is 8. The number of nitrogens with one attached hydrogen (secondary N) is 7. The third-order valence-corrected chi connectivity index (χ3v) is 22.8. The Morgan fingerprint density at radius 3 is 1.31 bits per heavy atom. The third kappa shape index (κ3) is 38.6. The fraction of sp³-hybridized carbons (Fsp3) is 0.430. The van der Waals surface area contributed by atoms with Crippen molar-refractivity contribution in [3.8, 4) is 34.5 Å². The van der Waals surface area contributed by atoms with Gasteiger partial charge in [-0.1, -0.05) is 111 Å². The molecule has 0 saturated carbocycles. The van der Waals surface area contributed by atoms with Gasteiger partial charge < -0.3 is 94.4 Å². The van der Waals surface area contributed by atoms with E-state index in [0.29, 0.717) is 81.2 Å². The van der Waals surface area contributed by atoms with E-state index >= 15 is 0 Å². The Morgan fingerprint density at radius 1 is 0.375 bits per heavy atom. The minimum atomic E-state index is -0.723. The molecule has 0 bridgehead atoms. The summed E-state index contributed by atoms with van der Waals surface area (Å²) in [6.45, 7) is 18.5. The van der Waals surface area contributed by atoms with Crippen molar-refractivity contribution in [3.05, 3.63) is 303 Å². The molecule has 16 rings (SSSR count). The van der Waals surface area contributed by atoms with E-state index in [0.717, 1.165) is 191 Å². The summed E-state index contributed by atoms with van der Waals surface area (Å²) >= 11 is 6.91. The van der Waals surface area contributed by atoms with E-state index < -0.39 is 23.3 Å². The largest absolute Gasteiger partial charge is 0.493 e. The molecule has 6 fully saturated rings. The van der Waals surface area contributed by atoms with Crippen molar-refractivity contribution in [1.29, 1.82) is 0 Å². The molecular formula is C100H124Br2F4N10O12. The van der Waals surface area contributed by atoms with Crippen molar-refractivity contribution < 1.29 is 74.8 Å². The van der Waals surface area contributed by atoms with E-state index in [-0.39, 0.29) is 67.0 Å². The lowest BCUT2D eigenvalue weighted by Gasteiger charge is -2.30. The first-order valence-electron chi connectivity index (χ1n) is 44.4. The fourth-order valence-electron chi connectivity index (χ4n) is 15.5. The van der Waals surface area contributed by atoms with Gasteiger partial charge in [-0.2, -0.15) is 0 Å². The van der Waals surface area contributed by atoms with E-state index in [1.807, 2.05) is 195 Å².